The van der Waals surface area contributed by atoms with Crippen molar-refractivity contribution in [3.63, 3.8) is 0 Å². The lowest BCUT2D eigenvalue weighted by molar-refractivity contribution is -0.127. The zero-order valence-corrected chi connectivity index (χ0v) is 19.7. The van der Waals surface area contributed by atoms with Crippen LogP contribution in [0, 0.1) is 0 Å². The Morgan fingerprint density at radius 2 is 1.82 bits per heavy atom. The average Bonchev–Trinajstić information content (AvgIpc) is 3.25. The average molecular weight is 450 g/mol. The molecule has 2 heterocycles. The monoisotopic (exact) mass is 449 g/mol. The molecule has 2 aromatic rings. The highest BCUT2D eigenvalue weighted by Gasteiger charge is 2.24. The van der Waals surface area contributed by atoms with E-state index in [1.807, 2.05) is 18.2 Å². The van der Waals surface area contributed by atoms with Gasteiger partial charge in [0.25, 0.3) is 0 Å². The molecule has 4 rings (SSSR count). The molecular weight excluding hydrogens is 414 g/mol. The molecule has 0 aliphatic carbocycles. The Balaban J connectivity index is 1.29. The van der Waals surface area contributed by atoms with Crippen LogP contribution < -0.4 is 15.4 Å². The molecule has 7 nitrogen and oxygen atoms in total. The Hall–Kier alpha value is -3.06. The Morgan fingerprint density at radius 3 is 2.55 bits per heavy atom. The Labute approximate surface area is 196 Å². The predicted octanol–water partition coefficient (Wildman–Crippen LogP) is 2.28. The van der Waals surface area contributed by atoms with E-state index in [1.54, 1.807) is 19.0 Å². The molecule has 1 unspecified atom stereocenters. The van der Waals surface area contributed by atoms with Gasteiger partial charge in [0.1, 0.15) is 18.4 Å². The predicted molar refractivity (Wildman–Crippen MR) is 131 cm³/mol. The molecule has 1 atom stereocenters. The van der Waals surface area contributed by atoms with Crippen molar-refractivity contribution in [2.45, 2.75) is 38.0 Å². The maximum Gasteiger partial charge on any atom is 0.243 e. The van der Waals surface area contributed by atoms with E-state index >= 15 is 0 Å². The smallest absolute Gasteiger partial charge is 0.243 e. The molecular formula is C26H35N5O2. The highest BCUT2D eigenvalue weighted by molar-refractivity contribution is 5.85. The number of nitrogens with one attached hydrogen (secondary N) is 2. The van der Waals surface area contributed by atoms with Crippen molar-refractivity contribution in [1.82, 2.24) is 20.4 Å². The number of carbonyl (C=O) groups is 1. The van der Waals surface area contributed by atoms with Gasteiger partial charge in [0.05, 0.1) is 6.54 Å². The number of carbonyl (C=O) groups excluding carboxylic acids is 1. The number of likely N-dealkylation sites (tertiary alicyclic amines) is 1. The van der Waals surface area contributed by atoms with E-state index in [0.29, 0.717) is 18.5 Å². The summed E-state index contributed by atoms with van der Waals surface area (Å²) in [7, 11) is 3.51. The second-order valence-corrected chi connectivity index (χ2v) is 9.07. The Bertz CT molecular complexity index is 914. The summed E-state index contributed by atoms with van der Waals surface area (Å²) in [6.07, 6.45) is 3.03. The van der Waals surface area contributed by atoms with Gasteiger partial charge in [-0.15, -0.1) is 0 Å². The normalized spacial score (nSPS) is 19.0. The number of para-hydroxylation sites is 1. The molecule has 0 radical (unpaired) electrons. The minimum absolute atomic E-state index is 0.0155. The van der Waals surface area contributed by atoms with E-state index < -0.39 is 0 Å². The molecule has 2 aliphatic heterocycles. The number of hydrogen-bond acceptors (Lipinski definition) is 4. The van der Waals surface area contributed by atoms with E-state index in [-0.39, 0.29) is 18.6 Å². The number of ether oxygens (including phenoxy) is 1. The fourth-order valence-corrected chi connectivity index (χ4v) is 4.29. The minimum Gasteiger partial charge on any atom is -0.488 e. The highest BCUT2D eigenvalue weighted by atomic mass is 16.5. The topological polar surface area (TPSA) is 69.2 Å². The van der Waals surface area contributed by atoms with Gasteiger partial charge in [-0.2, -0.15) is 0 Å². The summed E-state index contributed by atoms with van der Waals surface area (Å²) >= 11 is 0. The quantitative estimate of drug-likeness (QED) is 0.501. The third kappa shape index (κ3) is 6.71. The molecule has 176 valence electrons. The minimum atomic E-state index is -0.0155. The van der Waals surface area contributed by atoms with Crippen LogP contribution in [-0.2, 0) is 17.8 Å². The fraction of sp³-hybridized carbons (Fsp3) is 0.462. The van der Waals surface area contributed by atoms with Crippen LogP contribution in [0.5, 0.6) is 5.75 Å². The van der Waals surface area contributed by atoms with Gasteiger partial charge < -0.3 is 20.3 Å². The van der Waals surface area contributed by atoms with Crippen LogP contribution in [0.3, 0.4) is 0 Å². The second kappa shape index (κ2) is 11.2. The highest BCUT2D eigenvalue weighted by Crippen LogP contribution is 2.27. The van der Waals surface area contributed by atoms with E-state index in [4.69, 9.17) is 4.74 Å². The lowest BCUT2D eigenvalue weighted by atomic mass is 10.0. The van der Waals surface area contributed by atoms with Gasteiger partial charge >= 0.3 is 0 Å². The number of rotatable bonds is 7. The molecule has 7 heteroatoms. The van der Waals surface area contributed by atoms with Crippen LogP contribution in [0.4, 0.5) is 0 Å². The van der Waals surface area contributed by atoms with Gasteiger partial charge in [-0.1, -0.05) is 48.5 Å². The number of likely N-dealkylation sites (N-methyl/N-ethyl adjacent to an activating group) is 1. The molecule has 2 N–H and O–H groups in total. The maximum atomic E-state index is 12.1. The number of amides is 1. The number of benzene rings is 2. The van der Waals surface area contributed by atoms with E-state index in [0.717, 1.165) is 44.6 Å². The first kappa shape index (κ1) is 23.1. The Morgan fingerprint density at radius 1 is 1.09 bits per heavy atom. The number of aliphatic imine (C=N–C) groups is 1. The number of guanidine groups is 1. The fourth-order valence-electron chi connectivity index (χ4n) is 4.29. The lowest BCUT2D eigenvalue weighted by Crippen LogP contribution is -2.50. The van der Waals surface area contributed by atoms with Gasteiger partial charge in [-0.3, -0.25) is 9.69 Å². The van der Waals surface area contributed by atoms with E-state index in [9.17, 15) is 4.79 Å². The van der Waals surface area contributed by atoms with Gasteiger partial charge in [0.15, 0.2) is 5.96 Å². The molecule has 2 aliphatic rings. The summed E-state index contributed by atoms with van der Waals surface area (Å²) in [5.74, 6) is 1.63. The van der Waals surface area contributed by atoms with Crippen LogP contribution in [-0.4, -0.2) is 74.1 Å². The summed E-state index contributed by atoms with van der Waals surface area (Å²) in [4.78, 5) is 20.7. The first-order valence-electron chi connectivity index (χ1n) is 11.8. The molecule has 0 spiro atoms. The summed E-state index contributed by atoms with van der Waals surface area (Å²) in [6, 6.07) is 19.1. The third-order valence-corrected chi connectivity index (χ3v) is 6.26. The maximum absolute atomic E-state index is 12.1. The molecule has 1 amide bonds. The van der Waals surface area contributed by atoms with Crippen molar-refractivity contribution in [1.29, 1.82) is 0 Å². The molecule has 33 heavy (non-hydrogen) atoms. The van der Waals surface area contributed by atoms with E-state index in [1.165, 1.54) is 11.1 Å². The van der Waals surface area contributed by atoms with Crippen molar-refractivity contribution < 1.29 is 9.53 Å². The van der Waals surface area contributed by atoms with Gasteiger partial charge in [0.2, 0.25) is 5.91 Å². The number of hydrogen-bond donors (Lipinski definition) is 2. The first-order chi connectivity index (χ1) is 16.1. The molecule has 0 aromatic heterocycles. The third-order valence-electron chi connectivity index (χ3n) is 6.26. The summed E-state index contributed by atoms with van der Waals surface area (Å²) in [5, 5.41) is 6.98. The van der Waals surface area contributed by atoms with Crippen molar-refractivity contribution in [3.05, 3.63) is 65.7 Å². The summed E-state index contributed by atoms with van der Waals surface area (Å²) in [6.45, 7) is 3.84. The second-order valence-electron chi connectivity index (χ2n) is 9.07. The number of fused-ring (bicyclic) bond motifs is 1. The number of nitrogens with zero attached hydrogens (tertiary/aromatic N) is 3. The largest absolute Gasteiger partial charge is 0.488 e. The molecule has 2 aromatic carbocycles. The Kier molecular flexibility index (Phi) is 7.83. The lowest BCUT2D eigenvalue weighted by Gasteiger charge is -2.33. The van der Waals surface area contributed by atoms with Crippen LogP contribution in [0.2, 0.25) is 0 Å². The SMILES string of the molecule is CN(C)C(=O)CN=C(NCC1Cc2ccccc2O1)NC1CCN(Cc2ccccc2)CC1. The van der Waals surface area contributed by atoms with Gasteiger partial charge in [-0.05, 0) is 30.0 Å². The molecule has 0 bridgehead atoms. The summed E-state index contributed by atoms with van der Waals surface area (Å²) in [5.41, 5.74) is 2.59. The van der Waals surface area contributed by atoms with Crippen molar-refractivity contribution >= 4 is 11.9 Å². The van der Waals surface area contributed by atoms with Crippen LogP contribution in [0.1, 0.15) is 24.0 Å². The molecule has 0 saturated carbocycles. The first-order valence-corrected chi connectivity index (χ1v) is 11.8. The van der Waals surface area contributed by atoms with Gasteiger partial charge in [-0.25, -0.2) is 4.99 Å². The van der Waals surface area contributed by atoms with Gasteiger partial charge in [0, 0.05) is 46.2 Å². The summed E-state index contributed by atoms with van der Waals surface area (Å²) < 4.78 is 6.05. The molecule has 1 fully saturated rings. The molecule has 1 saturated heterocycles. The zero-order chi connectivity index (χ0) is 23.0. The van der Waals surface area contributed by atoms with E-state index in [2.05, 4.69) is 56.9 Å². The van der Waals surface area contributed by atoms with Crippen molar-refractivity contribution in [2.75, 3.05) is 40.3 Å². The van der Waals surface area contributed by atoms with Crippen LogP contribution in [0.25, 0.3) is 0 Å². The number of piperidine rings is 1. The van der Waals surface area contributed by atoms with Crippen LogP contribution in [0.15, 0.2) is 59.6 Å². The van der Waals surface area contributed by atoms with Crippen LogP contribution >= 0.6 is 0 Å². The van der Waals surface area contributed by atoms with Crippen molar-refractivity contribution in [3.8, 4) is 5.75 Å². The van der Waals surface area contributed by atoms with Crippen molar-refractivity contribution in [2.24, 2.45) is 4.99 Å². The zero-order valence-electron chi connectivity index (χ0n) is 19.7. The standard InChI is InChI=1S/C26H35N5O2/c1-30(2)25(32)18-28-26(27-17-23-16-21-10-6-7-11-24(21)33-23)29-22-12-14-31(15-13-22)19-20-8-4-3-5-9-20/h3-11,22-23H,12-19H2,1-2H3,(H2,27,28,29).